The van der Waals surface area contributed by atoms with E-state index < -0.39 is 22.0 Å². The van der Waals surface area contributed by atoms with Crippen LogP contribution in [-0.2, 0) is 14.8 Å². The molecule has 1 aliphatic rings. The number of nitrogens with two attached hydrogens (primary N) is 1. The van der Waals surface area contributed by atoms with Crippen LogP contribution in [0.5, 0.6) is 11.6 Å². The van der Waals surface area contributed by atoms with Gasteiger partial charge in [0, 0.05) is 46.8 Å². The molecule has 1 fully saturated rings. The molecule has 1 amide bonds. The Balaban J connectivity index is 1.29. The van der Waals surface area contributed by atoms with Gasteiger partial charge in [0.2, 0.25) is 15.9 Å². The number of halogens is 1. The zero-order chi connectivity index (χ0) is 26.9. The van der Waals surface area contributed by atoms with E-state index in [0.717, 1.165) is 11.1 Å². The van der Waals surface area contributed by atoms with Gasteiger partial charge in [-0.25, -0.2) is 13.4 Å². The van der Waals surface area contributed by atoms with Gasteiger partial charge >= 0.3 is 0 Å². The number of nitrogens with one attached hydrogen (secondary N) is 1. The SMILES string of the molecule is COc1ccc(-c2ccc(OC[C@@H]3CN(S(=O)(=O)c4c(C(N)=O)[nH]c5ccc(Cl)cc45)CCO3)cc2)cn1. The third-order valence-electron chi connectivity index (χ3n) is 6.23. The minimum Gasteiger partial charge on any atom is -0.491 e. The first kappa shape index (κ1) is 26.0. The molecule has 3 heterocycles. The number of amides is 1. The van der Waals surface area contributed by atoms with Crippen molar-refractivity contribution in [2.45, 2.75) is 11.0 Å². The van der Waals surface area contributed by atoms with Crippen LogP contribution in [0.3, 0.4) is 0 Å². The smallest absolute Gasteiger partial charge is 0.266 e. The number of fused-ring (bicyclic) bond motifs is 1. The molecule has 3 N–H and O–H groups in total. The second kappa shape index (κ2) is 10.6. The van der Waals surface area contributed by atoms with E-state index in [1.807, 2.05) is 30.3 Å². The summed E-state index contributed by atoms with van der Waals surface area (Å²) in [4.78, 5) is 18.9. The van der Waals surface area contributed by atoms with Crippen molar-refractivity contribution in [2.24, 2.45) is 5.73 Å². The lowest BCUT2D eigenvalue weighted by molar-refractivity contribution is -0.0249. The lowest BCUT2D eigenvalue weighted by Gasteiger charge is -2.32. The largest absolute Gasteiger partial charge is 0.491 e. The number of sulfonamides is 1. The number of benzene rings is 2. The van der Waals surface area contributed by atoms with Crippen LogP contribution < -0.4 is 15.2 Å². The number of rotatable bonds is 8. The molecule has 10 nitrogen and oxygen atoms in total. The number of ether oxygens (including phenoxy) is 3. The molecule has 5 rings (SSSR count). The van der Waals surface area contributed by atoms with E-state index in [9.17, 15) is 13.2 Å². The number of nitrogens with zero attached hydrogens (tertiary/aromatic N) is 2. The van der Waals surface area contributed by atoms with Crippen LogP contribution in [0, 0.1) is 0 Å². The number of methoxy groups -OCH3 is 1. The molecule has 0 radical (unpaired) electrons. The van der Waals surface area contributed by atoms with E-state index in [-0.39, 0.29) is 36.9 Å². The molecule has 12 heteroatoms. The number of hydrogen-bond acceptors (Lipinski definition) is 7. The van der Waals surface area contributed by atoms with E-state index in [1.165, 1.54) is 10.4 Å². The van der Waals surface area contributed by atoms with Crippen molar-refractivity contribution in [3.8, 4) is 22.8 Å². The average molecular weight is 557 g/mol. The summed E-state index contributed by atoms with van der Waals surface area (Å²) in [5, 5.41) is 0.643. The molecule has 2 aromatic heterocycles. The molecule has 0 aliphatic carbocycles. The summed E-state index contributed by atoms with van der Waals surface area (Å²) in [6, 6.07) is 15.9. The number of hydrogen-bond donors (Lipinski definition) is 2. The van der Waals surface area contributed by atoms with E-state index in [4.69, 9.17) is 31.5 Å². The van der Waals surface area contributed by atoms with Crippen LogP contribution in [0.4, 0.5) is 0 Å². The van der Waals surface area contributed by atoms with E-state index in [0.29, 0.717) is 27.6 Å². The van der Waals surface area contributed by atoms with E-state index >= 15 is 0 Å². The van der Waals surface area contributed by atoms with Gasteiger partial charge in [-0.3, -0.25) is 4.79 Å². The molecule has 0 spiro atoms. The van der Waals surface area contributed by atoms with Gasteiger partial charge in [-0.2, -0.15) is 4.31 Å². The topological polar surface area (TPSA) is 137 Å². The second-order valence-electron chi connectivity index (χ2n) is 8.66. The summed E-state index contributed by atoms with van der Waals surface area (Å²) in [6.45, 7) is 0.474. The number of aromatic nitrogens is 2. The fourth-order valence-corrected chi connectivity index (χ4v) is 6.29. The maximum Gasteiger partial charge on any atom is 0.266 e. The molecule has 0 bridgehead atoms. The zero-order valence-electron chi connectivity index (χ0n) is 20.4. The highest BCUT2D eigenvalue weighted by atomic mass is 35.5. The summed E-state index contributed by atoms with van der Waals surface area (Å²) >= 11 is 6.11. The first-order valence-electron chi connectivity index (χ1n) is 11.7. The van der Waals surface area contributed by atoms with Gasteiger partial charge in [0.25, 0.3) is 5.91 Å². The third-order valence-corrected chi connectivity index (χ3v) is 8.41. The minimum atomic E-state index is -4.10. The highest BCUT2D eigenvalue weighted by Gasteiger charge is 2.36. The third kappa shape index (κ3) is 5.18. The Bertz CT molecular complexity index is 1570. The van der Waals surface area contributed by atoms with Crippen molar-refractivity contribution >= 4 is 38.4 Å². The van der Waals surface area contributed by atoms with Crippen LogP contribution in [0.1, 0.15) is 10.5 Å². The number of pyridine rings is 1. The standard InChI is InChI=1S/C26H25ClN4O6S/c1-35-23-9-4-17(13-29-23)16-2-6-19(7-3-16)37-15-20-14-31(10-11-36-20)38(33,34)25-21-12-18(27)5-8-22(21)30-24(25)26(28)32/h2-9,12-13,20,30H,10-11,14-15H2,1H3,(H2,28,32)/t20-/m0/s1. The van der Waals surface area contributed by atoms with Crippen molar-refractivity contribution in [1.29, 1.82) is 0 Å². The fourth-order valence-electron chi connectivity index (χ4n) is 4.33. The fraction of sp³-hybridized carbons (Fsp3) is 0.231. The van der Waals surface area contributed by atoms with Gasteiger partial charge in [0.15, 0.2) is 0 Å². The molecule has 1 aliphatic heterocycles. The summed E-state index contributed by atoms with van der Waals surface area (Å²) in [6.07, 6.45) is 1.21. The van der Waals surface area contributed by atoms with Crippen LogP contribution in [0.2, 0.25) is 5.02 Å². The normalized spacial score (nSPS) is 16.4. The lowest BCUT2D eigenvalue weighted by atomic mass is 10.1. The van der Waals surface area contributed by atoms with Gasteiger partial charge in [-0.15, -0.1) is 0 Å². The van der Waals surface area contributed by atoms with E-state index in [1.54, 1.807) is 31.5 Å². The Morgan fingerprint density at radius 1 is 1.18 bits per heavy atom. The Kier molecular flexibility index (Phi) is 7.26. The maximum absolute atomic E-state index is 13.7. The summed E-state index contributed by atoms with van der Waals surface area (Å²) < 4.78 is 45.4. The van der Waals surface area contributed by atoms with Crippen molar-refractivity contribution in [3.63, 3.8) is 0 Å². The lowest BCUT2D eigenvalue weighted by Crippen LogP contribution is -2.47. The van der Waals surface area contributed by atoms with Crippen LogP contribution in [-0.4, -0.2) is 68.1 Å². The molecular weight excluding hydrogens is 532 g/mol. The zero-order valence-corrected chi connectivity index (χ0v) is 22.0. The molecule has 0 unspecified atom stereocenters. The van der Waals surface area contributed by atoms with Gasteiger partial charge < -0.3 is 24.9 Å². The highest BCUT2D eigenvalue weighted by molar-refractivity contribution is 7.89. The van der Waals surface area contributed by atoms with Gasteiger partial charge in [0.1, 0.15) is 29.0 Å². The van der Waals surface area contributed by atoms with Crippen molar-refractivity contribution in [3.05, 3.63) is 71.5 Å². The number of primary amides is 1. The maximum atomic E-state index is 13.7. The Hall–Kier alpha value is -3.64. The molecular formula is C26H25ClN4O6S. The number of aromatic amines is 1. The van der Waals surface area contributed by atoms with Crippen molar-refractivity contribution < 1.29 is 27.4 Å². The van der Waals surface area contributed by atoms with E-state index in [2.05, 4.69) is 9.97 Å². The monoisotopic (exact) mass is 556 g/mol. The van der Waals surface area contributed by atoms with Gasteiger partial charge in [-0.05, 0) is 42.0 Å². The van der Waals surface area contributed by atoms with Crippen LogP contribution in [0.15, 0.2) is 65.7 Å². The number of H-pyrrole nitrogens is 1. The first-order chi connectivity index (χ1) is 18.3. The van der Waals surface area contributed by atoms with Crippen LogP contribution in [0.25, 0.3) is 22.0 Å². The Morgan fingerprint density at radius 2 is 1.95 bits per heavy atom. The minimum absolute atomic E-state index is 0.0450. The quantitative estimate of drug-likeness (QED) is 0.339. The second-order valence-corrected chi connectivity index (χ2v) is 11.0. The first-order valence-corrected chi connectivity index (χ1v) is 13.5. The van der Waals surface area contributed by atoms with Crippen molar-refractivity contribution in [2.75, 3.05) is 33.4 Å². The predicted molar refractivity (Wildman–Crippen MR) is 142 cm³/mol. The van der Waals surface area contributed by atoms with Crippen LogP contribution >= 0.6 is 11.6 Å². The highest BCUT2D eigenvalue weighted by Crippen LogP contribution is 2.32. The van der Waals surface area contributed by atoms with Gasteiger partial charge in [-0.1, -0.05) is 23.7 Å². The number of carbonyl (C=O) groups excluding carboxylic acids is 1. The summed E-state index contributed by atoms with van der Waals surface area (Å²) in [5.41, 5.74) is 7.66. The Labute approximate surface area is 224 Å². The molecule has 2 aromatic carbocycles. The average Bonchev–Trinajstić information content (AvgIpc) is 3.32. The van der Waals surface area contributed by atoms with Gasteiger partial charge in [0.05, 0.1) is 13.7 Å². The molecule has 1 saturated heterocycles. The Morgan fingerprint density at radius 3 is 2.63 bits per heavy atom. The molecule has 0 saturated carbocycles. The summed E-state index contributed by atoms with van der Waals surface area (Å²) in [5.74, 6) is 0.274. The van der Waals surface area contributed by atoms with Crippen molar-refractivity contribution in [1.82, 2.24) is 14.3 Å². The molecule has 4 aromatic rings. The molecule has 1 atom stereocenters. The summed E-state index contributed by atoms with van der Waals surface area (Å²) in [7, 11) is -2.54. The predicted octanol–water partition coefficient (Wildman–Crippen LogP) is 3.46. The number of carbonyl (C=O) groups is 1. The molecule has 38 heavy (non-hydrogen) atoms. The molecule has 198 valence electrons. The number of morpholine rings is 1.